The van der Waals surface area contributed by atoms with Gasteiger partial charge in [-0.05, 0) is 37.3 Å². The zero-order chi connectivity index (χ0) is 19.2. The van der Waals surface area contributed by atoms with E-state index in [2.05, 4.69) is 10.2 Å². The van der Waals surface area contributed by atoms with Crippen molar-refractivity contribution in [2.24, 2.45) is 0 Å². The van der Waals surface area contributed by atoms with Crippen LogP contribution >= 0.6 is 0 Å². The van der Waals surface area contributed by atoms with Gasteiger partial charge in [-0.25, -0.2) is 0 Å². The Morgan fingerprint density at radius 2 is 1.93 bits per heavy atom. The minimum absolute atomic E-state index is 0.0844. The van der Waals surface area contributed by atoms with Crippen molar-refractivity contribution in [1.82, 2.24) is 0 Å². The molecule has 0 aromatic heterocycles. The molecule has 0 saturated carbocycles. The van der Waals surface area contributed by atoms with Crippen LogP contribution in [0.5, 0.6) is 5.75 Å². The van der Waals surface area contributed by atoms with Gasteiger partial charge in [0.25, 0.3) is 11.6 Å². The predicted molar refractivity (Wildman–Crippen MR) is 101 cm³/mol. The van der Waals surface area contributed by atoms with Gasteiger partial charge in [-0.1, -0.05) is 6.07 Å². The Hall–Kier alpha value is -3.13. The number of morpholine rings is 1. The topological polar surface area (TPSA) is 93.9 Å². The molecule has 8 nitrogen and oxygen atoms in total. The van der Waals surface area contributed by atoms with Gasteiger partial charge >= 0.3 is 0 Å². The number of hydrogen-bond donors (Lipinski definition) is 1. The Labute approximate surface area is 156 Å². The van der Waals surface area contributed by atoms with Gasteiger partial charge in [-0.3, -0.25) is 14.9 Å². The van der Waals surface area contributed by atoms with Gasteiger partial charge in [0.1, 0.15) is 5.75 Å². The van der Waals surface area contributed by atoms with E-state index in [0.717, 1.165) is 18.8 Å². The quantitative estimate of drug-likeness (QED) is 0.620. The first-order valence-corrected chi connectivity index (χ1v) is 8.67. The van der Waals surface area contributed by atoms with Crippen molar-refractivity contribution in [3.8, 4) is 5.75 Å². The second kappa shape index (κ2) is 8.50. The van der Waals surface area contributed by atoms with Gasteiger partial charge in [-0.15, -0.1) is 0 Å². The molecule has 2 aromatic carbocycles. The highest BCUT2D eigenvalue weighted by Gasteiger charge is 2.17. The van der Waals surface area contributed by atoms with Crippen molar-refractivity contribution in [3.05, 3.63) is 58.6 Å². The fraction of sp³-hybridized carbons (Fsp3) is 0.316. The number of nitro benzene ring substituents is 1. The lowest BCUT2D eigenvalue weighted by molar-refractivity contribution is -0.384. The molecule has 1 atom stereocenters. The number of nitro groups is 1. The van der Waals surface area contributed by atoms with Gasteiger partial charge in [0.15, 0.2) is 6.10 Å². The Bertz CT molecular complexity index is 803. The third-order valence-corrected chi connectivity index (χ3v) is 4.22. The van der Waals surface area contributed by atoms with Crippen molar-refractivity contribution in [3.63, 3.8) is 0 Å². The molecule has 8 heteroatoms. The molecule has 27 heavy (non-hydrogen) atoms. The molecule has 0 bridgehead atoms. The maximum atomic E-state index is 12.3. The van der Waals surface area contributed by atoms with Gasteiger partial charge in [-0.2, -0.15) is 0 Å². The fourth-order valence-corrected chi connectivity index (χ4v) is 2.75. The molecule has 1 N–H and O–H groups in total. The molecule has 1 aliphatic heterocycles. The second-order valence-electron chi connectivity index (χ2n) is 6.15. The number of anilines is 2. The molecule has 1 aliphatic rings. The molecule has 0 radical (unpaired) electrons. The summed E-state index contributed by atoms with van der Waals surface area (Å²) in [6, 6.07) is 13.3. The molecule has 1 heterocycles. The normalized spacial score (nSPS) is 15.1. The zero-order valence-electron chi connectivity index (χ0n) is 15.0. The van der Waals surface area contributed by atoms with Crippen LogP contribution in [0.1, 0.15) is 6.92 Å². The number of hydrogen-bond acceptors (Lipinski definition) is 6. The molecule has 1 saturated heterocycles. The summed E-state index contributed by atoms with van der Waals surface area (Å²) in [6.07, 6.45) is -0.800. The lowest BCUT2D eigenvalue weighted by atomic mass is 10.2. The summed E-state index contributed by atoms with van der Waals surface area (Å²) in [6.45, 7) is 4.71. The van der Waals surface area contributed by atoms with Crippen LogP contribution in [0.25, 0.3) is 0 Å². The maximum absolute atomic E-state index is 12.3. The molecular formula is C19H21N3O5. The summed E-state index contributed by atoms with van der Waals surface area (Å²) in [7, 11) is 0. The van der Waals surface area contributed by atoms with Crippen LogP contribution in [0.3, 0.4) is 0 Å². The summed E-state index contributed by atoms with van der Waals surface area (Å²) < 4.78 is 10.9. The summed E-state index contributed by atoms with van der Waals surface area (Å²) >= 11 is 0. The number of ether oxygens (including phenoxy) is 2. The van der Waals surface area contributed by atoms with E-state index in [-0.39, 0.29) is 17.3 Å². The van der Waals surface area contributed by atoms with E-state index in [0.29, 0.717) is 18.9 Å². The van der Waals surface area contributed by atoms with Gasteiger partial charge < -0.3 is 19.7 Å². The van der Waals surface area contributed by atoms with Crippen LogP contribution in [-0.4, -0.2) is 43.2 Å². The lowest BCUT2D eigenvalue weighted by Gasteiger charge is -2.29. The summed E-state index contributed by atoms with van der Waals surface area (Å²) in [5.41, 5.74) is 1.66. The first kappa shape index (κ1) is 18.7. The second-order valence-corrected chi connectivity index (χ2v) is 6.15. The monoisotopic (exact) mass is 371 g/mol. The number of non-ortho nitro benzene ring substituents is 1. The van der Waals surface area contributed by atoms with Crippen LogP contribution in [0, 0.1) is 10.1 Å². The number of carbonyl (C=O) groups is 1. The van der Waals surface area contributed by atoms with E-state index in [1.807, 2.05) is 24.3 Å². The minimum atomic E-state index is -0.800. The van der Waals surface area contributed by atoms with E-state index >= 15 is 0 Å². The van der Waals surface area contributed by atoms with E-state index in [1.165, 1.54) is 18.2 Å². The first-order valence-electron chi connectivity index (χ1n) is 8.67. The van der Waals surface area contributed by atoms with Crippen molar-refractivity contribution in [1.29, 1.82) is 0 Å². The number of nitrogens with one attached hydrogen (secondary N) is 1. The van der Waals surface area contributed by atoms with Gasteiger partial charge in [0.05, 0.1) is 24.2 Å². The van der Waals surface area contributed by atoms with Crippen molar-refractivity contribution >= 4 is 23.0 Å². The highest BCUT2D eigenvalue weighted by atomic mass is 16.6. The molecule has 3 rings (SSSR count). The summed E-state index contributed by atoms with van der Waals surface area (Å²) in [5, 5.41) is 13.6. The van der Waals surface area contributed by atoms with Crippen LogP contribution in [0.4, 0.5) is 17.1 Å². The Morgan fingerprint density at radius 1 is 1.22 bits per heavy atom. The predicted octanol–water partition coefficient (Wildman–Crippen LogP) is 2.84. The Kier molecular flexibility index (Phi) is 5.87. The minimum Gasteiger partial charge on any atom is -0.481 e. The Morgan fingerprint density at radius 3 is 2.59 bits per heavy atom. The van der Waals surface area contributed by atoms with Crippen LogP contribution in [0.15, 0.2) is 48.5 Å². The van der Waals surface area contributed by atoms with Crippen molar-refractivity contribution in [2.75, 3.05) is 36.5 Å². The smallest absolute Gasteiger partial charge is 0.273 e. The number of rotatable bonds is 6. The SMILES string of the molecule is C[C@@H](Oc1cccc([N+](=O)[O-])c1)C(=O)Nc1ccc(N2CCOCC2)cc1. The van der Waals surface area contributed by atoms with Crippen LogP contribution < -0.4 is 15.0 Å². The van der Waals surface area contributed by atoms with E-state index in [4.69, 9.17) is 9.47 Å². The molecular weight excluding hydrogens is 350 g/mol. The van der Waals surface area contributed by atoms with E-state index in [1.54, 1.807) is 13.0 Å². The third kappa shape index (κ3) is 4.95. The van der Waals surface area contributed by atoms with Crippen LogP contribution in [-0.2, 0) is 9.53 Å². The maximum Gasteiger partial charge on any atom is 0.273 e. The van der Waals surface area contributed by atoms with E-state index in [9.17, 15) is 14.9 Å². The van der Waals surface area contributed by atoms with Crippen molar-refractivity contribution < 1.29 is 19.2 Å². The van der Waals surface area contributed by atoms with Gasteiger partial charge in [0.2, 0.25) is 0 Å². The number of carbonyl (C=O) groups excluding carboxylic acids is 1. The zero-order valence-corrected chi connectivity index (χ0v) is 15.0. The van der Waals surface area contributed by atoms with E-state index < -0.39 is 11.0 Å². The molecule has 1 fully saturated rings. The largest absolute Gasteiger partial charge is 0.481 e. The summed E-state index contributed by atoms with van der Waals surface area (Å²) in [5.74, 6) is -0.0601. The highest BCUT2D eigenvalue weighted by molar-refractivity contribution is 5.94. The molecule has 0 aliphatic carbocycles. The number of benzene rings is 2. The molecule has 0 unspecified atom stereocenters. The average molecular weight is 371 g/mol. The lowest BCUT2D eigenvalue weighted by Crippen LogP contribution is -2.36. The number of amides is 1. The van der Waals surface area contributed by atoms with Crippen LogP contribution in [0.2, 0.25) is 0 Å². The fourth-order valence-electron chi connectivity index (χ4n) is 2.75. The Balaban J connectivity index is 1.57. The highest BCUT2D eigenvalue weighted by Crippen LogP contribution is 2.21. The first-order chi connectivity index (χ1) is 13.0. The standard InChI is InChI=1S/C19H21N3O5/c1-14(27-18-4-2-3-17(13-18)22(24)25)19(23)20-15-5-7-16(8-6-15)21-9-11-26-12-10-21/h2-8,13-14H,9-12H2,1H3,(H,20,23)/t14-/m1/s1. The molecule has 0 spiro atoms. The average Bonchev–Trinajstić information content (AvgIpc) is 2.69. The summed E-state index contributed by atoms with van der Waals surface area (Å²) in [4.78, 5) is 24.9. The molecule has 2 aromatic rings. The molecule has 142 valence electrons. The number of nitrogens with zero attached hydrogens (tertiary/aromatic N) is 2. The molecule has 1 amide bonds. The van der Waals surface area contributed by atoms with Crippen molar-refractivity contribution in [2.45, 2.75) is 13.0 Å². The van der Waals surface area contributed by atoms with Gasteiger partial charge in [0, 0.05) is 30.5 Å². The third-order valence-electron chi connectivity index (χ3n) is 4.22.